The van der Waals surface area contributed by atoms with Gasteiger partial charge in [0.2, 0.25) is 0 Å². The van der Waals surface area contributed by atoms with Gasteiger partial charge in [0, 0.05) is 12.6 Å². The molecule has 0 radical (unpaired) electrons. The fourth-order valence-electron chi connectivity index (χ4n) is 2.77. The predicted molar refractivity (Wildman–Crippen MR) is 78.2 cm³/mol. The van der Waals surface area contributed by atoms with E-state index in [0.29, 0.717) is 6.04 Å². The van der Waals surface area contributed by atoms with Crippen molar-refractivity contribution in [2.45, 2.75) is 31.8 Å². The quantitative estimate of drug-likeness (QED) is 0.803. The maximum Gasteiger partial charge on any atom is 0.0958 e. The molecule has 4 nitrogen and oxygen atoms in total. The summed E-state index contributed by atoms with van der Waals surface area (Å²) in [4.78, 5) is 4.42. The van der Waals surface area contributed by atoms with Crippen LogP contribution in [0.25, 0.3) is 11.0 Å². The number of aryl methyl sites for hydroxylation is 1. The van der Waals surface area contributed by atoms with Crippen molar-refractivity contribution in [1.29, 1.82) is 0 Å². The third kappa shape index (κ3) is 3.14. The number of para-hydroxylation sites is 2. The highest BCUT2D eigenvalue weighted by Gasteiger charge is 2.11. The molecular weight excluding hydrogens is 236 g/mol. The molecule has 4 heteroatoms. The highest BCUT2D eigenvalue weighted by atomic mass is 15.0. The summed E-state index contributed by atoms with van der Waals surface area (Å²) in [7, 11) is 0. The maximum atomic E-state index is 4.42. The third-order valence-corrected chi connectivity index (χ3v) is 3.88. The summed E-state index contributed by atoms with van der Waals surface area (Å²) in [5.41, 5.74) is 2.33. The highest BCUT2D eigenvalue weighted by molar-refractivity contribution is 5.74. The molecule has 2 heterocycles. The lowest BCUT2D eigenvalue weighted by Gasteiger charge is -2.23. The van der Waals surface area contributed by atoms with Crippen molar-refractivity contribution in [3.8, 4) is 0 Å². The largest absolute Gasteiger partial charge is 0.331 e. The Hall–Kier alpha value is -1.39. The Bertz CT molecular complexity index is 514. The Kier molecular flexibility index (Phi) is 4.10. The van der Waals surface area contributed by atoms with Crippen LogP contribution < -0.4 is 10.6 Å². The van der Waals surface area contributed by atoms with E-state index in [0.717, 1.165) is 38.1 Å². The van der Waals surface area contributed by atoms with E-state index in [1.54, 1.807) is 0 Å². The van der Waals surface area contributed by atoms with Crippen LogP contribution in [-0.4, -0.2) is 35.2 Å². The van der Waals surface area contributed by atoms with Gasteiger partial charge < -0.3 is 15.2 Å². The number of nitrogens with zero attached hydrogens (tertiary/aromatic N) is 2. The van der Waals surface area contributed by atoms with Gasteiger partial charge in [-0.15, -0.1) is 0 Å². The third-order valence-electron chi connectivity index (χ3n) is 3.88. The minimum absolute atomic E-state index is 0.709. The van der Waals surface area contributed by atoms with Crippen LogP contribution >= 0.6 is 0 Å². The van der Waals surface area contributed by atoms with Crippen LogP contribution in [0.2, 0.25) is 0 Å². The summed E-state index contributed by atoms with van der Waals surface area (Å²) in [6, 6.07) is 9.04. The number of aromatic nitrogens is 2. The molecule has 102 valence electrons. The lowest BCUT2D eigenvalue weighted by Crippen LogP contribution is -2.40. The highest BCUT2D eigenvalue weighted by Crippen LogP contribution is 2.12. The molecule has 0 saturated carbocycles. The van der Waals surface area contributed by atoms with Crippen molar-refractivity contribution in [3.05, 3.63) is 30.6 Å². The fourth-order valence-corrected chi connectivity index (χ4v) is 2.77. The number of imidazole rings is 1. The smallest absolute Gasteiger partial charge is 0.0958 e. The first-order valence-corrected chi connectivity index (χ1v) is 7.27. The van der Waals surface area contributed by atoms with Gasteiger partial charge in [0.15, 0.2) is 0 Å². The van der Waals surface area contributed by atoms with E-state index in [9.17, 15) is 0 Å². The first-order valence-electron chi connectivity index (χ1n) is 7.27. The van der Waals surface area contributed by atoms with Crippen molar-refractivity contribution >= 4 is 11.0 Å². The molecule has 0 bridgehead atoms. The van der Waals surface area contributed by atoms with Crippen LogP contribution in [0.1, 0.15) is 19.3 Å². The van der Waals surface area contributed by atoms with Gasteiger partial charge in [0.1, 0.15) is 0 Å². The van der Waals surface area contributed by atoms with E-state index < -0.39 is 0 Å². The van der Waals surface area contributed by atoms with Crippen LogP contribution in [0.5, 0.6) is 0 Å². The van der Waals surface area contributed by atoms with Crippen LogP contribution in [0, 0.1) is 0 Å². The van der Waals surface area contributed by atoms with E-state index in [-0.39, 0.29) is 0 Å². The first-order chi connectivity index (χ1) is 9.43. The summed E-state index contributed by atoms with van der Waals surface area (Å²) >= 11 is 0. The zero-order valence-electron chi connectivity index (χ0n) is 11.3. The minimum atomic E-state index is 0.709. The molecule has 1 aromatic carbocycles. The molecular formula is C15H22N4. The lowest BCUT2D eigenvalue weighted by molar-refractivity contribution is 0.382. The average molecular weight is 258 g/mol. The molecule has 1 aliphatic heterocycles. The summed E-state index contributed by atoms with van der Waals surface area (Å²) in [6.45, 7) is 4.45. The van der Waals surface area contributed by atoms with Gasteiger partial charge in [-0.25, -0.2) is 4.98 Å². The van der Waals surface area contributed by atoms with Gasteiger partial charge in [-0.3, -0.25) is 0 Å². The molecule has 0 unspecified atom stereocenters. The number of rotatable bonds is 5. The topological polar surface area (TPSA) is 41.9 Å². The molecule has 1 saturated heterocycles. The van der Waals surface area contributed by atoms with Gasteiger partial charge in [-0.05, 0) is 51.0 Å². The van der Waals surface area contributed by atoms with Gasteiger partial charge in [-0.2, -0.15) is 0 Å². The monoisotopic (exact) mass is 258 g/mol. The molecule has 0 atom stereocenters. The normalized spacial score (nSPS) is 17.1. The van der Waals surface area contributed by atoms with Crippen molar-refractivity contribution < 1.29 is 0 Å². The van der Waals surface area contributed by atoms with Gasteiger partial charge in [-0.1, -0.05) is 12.1 Å². The zero-order valence-corrected chi connectivity index (χ0v) is 11.3. The summed E-state index contributed by atoms with van der Waals surface area (Å²) in [5.74, 6) is 0. The summed E-state index contributed by atoms with van der Waals surface area (Å²) in [5, 5.41) is 7.05. The summed E-state index contributed by atoms with van der Waals surface area (Å²) in [6.07, 6.45) is 5.63. The van der Waals surface area contributed by atoms with Crippen molar-refractivity contribution in [1.82, 2.24) is 20.2 Å². The molecule has 3 rings (SSSR count). The molecule has 0 aliphatic carbocycles. The molecule has 19 heavy (non-hydrogen) atoms. The van der Waals surface area contributed by atoms with E-state index in [2.05, 4.69) is 38.4 Å². The van der Waals surface area contributed by atoms with Crippen LogP contribution in [0.4, 0.5) is 0 Å². The standard InChI is InChI=1S/C15H22N4/c1-2-5-15-14(4-1)18-12-19(15)11-3-8-17-13-6-9-16-10-7-13/h1-2,4-5,12-13,16-17H,3,6-11H2. The average Bonchev–Trinajstić information content (AvgIpc) is 2.88. The molecule has 2 N–H and O–H groups in total. The van der Waals surface area contributed by atoms with Gasteiger partial charge >= 0.3 is 0 Å². The fraction of sp³-hybridized carbons (Fsp3) is 0.533. The van der Waals surface area contributed by atoms with Crippen LogP contribution in [0.3, 0.4) is 0 Å². The molecule has 2 aromatic rings. The SMILES string of the molecule is c1ccc2c(c1)ncn2CCCNC1CCNCC1. The van der Waals surface area contributed by atoms with Crippen molar-refractivity contribution in [2.24, 2.45) is 0 Å². The Morgan fingerprint density at radius 3 is 3.00 bits per heavy atom. The Labute approximate surface area is 114 Å². The Morgan fingerprint density at radius 2 is 2.11 bits per heavy atom. The molecule has 1 aromatic heterocycles. The number of hydrogen-bond acceptors (Lipinski definition) is 3. The Morgan fingerprint density at radius 1 is 1.26 bits per heavy atom. The zero-order chi connectivity index (χ0) is 12.9. The van der Waals surface area contributed by atoms with E-state index in [4.69, 9.17) is 0 Å². The number of nitrogens with one attached hydrogen (secondary N) is 2. The number of fused-ring (bicyclic) bond motifs is 1. The minimum Gasteiger partial charge on any atom is -0.331 e. The summed E-state index contributed by atoms with van der Waals surface area (Å²) < 4.78 is 2.25. The van der Waals surface area contributed by atoms with E-state index in [1.165, 1.54) is 18.4 Å². The second-order valence-corrected chi connectivity index (χ2v) is 5.26. The second kappa shape index (κ2) is 6.17. The number of piperidine rings is 1. The van der Waals surface area contributed by atoms with Gasteiger partial charge in [0.25, 0.3) is 0 Å². The predicted octanol–water partition coefficient (Wildman–Crippen LogP) is 1.77. The number of hydrogen-bond donors (Lipinski definition) is 2. The van der Waals surface area contributed by atoms with Crippen LogP contribution in [-0.2, 0) is 6.54 Å². The van der Waals surface area contributed by atoms with E-state index in [1.807, 2.05) is 12.4 Å². The maximum absolute atomic E-state index is 4.42. The second-order valence-electron chi connectivity index (χ2n) is 5.26. The molecule has 0 spiro atoms. The van der Waals surface area contributed by atoms with Crippen molar-refractivity contribution in [3.63, 3.8) is 0 Å². The lowest BCUT2D eigenvalue weighted by atomic mass is 10.1. The first kappa shape index (κ1) is 12.6. The van der Waals surface area contributed by atoms with Crippen LogP contribution in [0.15, 0.2) is 30.6 Å². The molecule has 1 aliphatic rings. The van der Waals surface area contributed by atoms with Crippen molar-refractivity contribution in [2.75, 3.05) is 19.6 Å². The van der Waals surface area contributed by atoms with E-state index >= 15 is 0 Å². The molecule has 1 fully saturated rings. The van der Waals surface area contributed by atoms with Gasteiger partial charge in [0.05, 0.1) is 17.4 Å². The Balaban J connectivity index is 1.47. The molecule has 0 amide bonds. The number of benzene rings is 1.